The summed E-state index contributed by atoms with van der Waals surface area (Å²) >= 11 is 0. The number of anilines is 1. The molecular weight excluding hydrogens is 519 g/mol. The molecule has 1 fully saturated rings. The maximum atomic E-state index is 14.0. The summed E-state index contributed by atoms with van der Waals surface area (Å²) in [7, 11) is -4.55. The Morgan fingerprint density at radius 1 is 1.37 bits per heavy atom. The van der Waals surface area contributed by atoms with Crippen molar-refractivity contribution >= 4 is 19.5 Å². The van der Waals surface area contributed by atoms with Crippen LogP contribution >= 0.6 is 7.60 Å². The molecule has 4 N–H and O–H groups in total. The number of carbonyl (C=O) groups excluding carboxylic acids is 1. The number of ether oxygens (including phenoxy) is 2. The van der Waals surface area contributed by atoms with Crippen molar-refractivity contribution in [3.05, 3.63) is 47.1 Å². The van der Waals surface area contributed by atoms with E-state index in [1.165, 1.54) is 26.0 Å². The first-order valence-corrected chi connectivity index (χ1v) is 13.3. The highest BCUT2D eigenvalue weighted by molar-refractivity contribution is 7.54. The molecule has 1 aromatic heterocycles. The molecule has 0 radical (unpaired) electrons. The van der Waals surface area contributed by atoms with E-state index in [2.05, 4.69) is 21.8 Å². The minimum Gasteiger partial charge on any atom is -0.463 e. The monoisotopic (exact) mass is 552 g/mol. The number of nitrogen functional groups attached to an aromatic ring is 1. The number of para-hydroxylation sites is 1. The molecule has 2 aromatic rings. The van der Waals surface area contributed by atoms with E-state index in [0.29, 0.717) is 4.57 Å². The second kappa shape index (κ2) is 12.1. The van der Waals surface area contributed by atoms with Crippen LogP contribution in [0.5, 0.6) is 5.75 Å². The van der Waals surface area contributed by atoms with Crippen molar-refractivity contribution in [1.82, 2.24) is 14.5 Å². The predicted octanol–water partition coefficient (Wildman–Crippen LogP) is 1.11. The Hall–Kier alpha value is -3.27. The van der Waals surface area contributed by atoms with Crippen LogP contribution in [0.3, 0.4) is 0 Å². The van der Waals surface area contributed by atoms with Gasteiger partial charge in [-0.15, -0.1) is 5.92 Å². The first-order chi connectivity index (χ1) is 18.6. The highest BCUT2D eigenvalue weighted by atomic mass is 31.2. The van der Waals surface area contributed by atoms with Crippen molar-refractivity contribution in [2.45, 2.75) is 57.8 Å². The molecule has 13 nitrogen and oxygen atoms in total. The van der Waals surface area contributed by atoms with Crippen LogP contribution in [-0.4, -0.2) is 67.4 Å². The Bertz CT molecular complexity index is 1380. The molecule has 1 aromatic carbocycles. The van der Waals surface area contributed by atoms with Gasteiger partial charge in [0.2, 0.25) is 5.95 Å². The van der Waals surface area contributed by atoms with Crippen LogP contribution in [0.15, 0.2) is 41.5 Å². The molecule has 1 aliphatic heterocycles. The van der Waals surface area contributed by atoms with Crippen molar-refractivity contribution in [3.63, 3.8) is 0 Å². The zero-order valence-electron chi connectivity index (χ0n) is 23.2. The summed E-state index contributed by atoms with van der Waals surface area (Å²) in [5.41, 5.74) is 1.84. The van der Waals surface area contributed by atoms with Crippen LogP contribution in [-0.2, 0) is 23.4 Å². The number of nitrogens with zero attached hydrogens (tertiary/aromatic N) is 3. The summed E-state index contributed by atoms with van der Waals surface area (Å²) < 4.78 is 53.5. The molecule has 1 aliphatic rings. The summed E-state index contributed by atoms with van der Waals surface area (Å²) in [6.45, 7) is 2.87. The smallest absolute Gasteiger partial charge is 0.380 e. The zero-order chi connectivity index (χ0) is 29.9. The largest absolute Gasteiger partial charge is 0.463 e. The van der Waals surface area contributed by atoms with Crippen LogP contribution in [0, 0.1) is 17.8 Å². The summed E-state index contributed by atoms with van der Waals surface area (Å²) in [6, 6.07) is 7.72. The Balaban J connectivity index is 1.99. The van der Waals surface area contributed by atoms with Gasteiger partial charge in [-0.2, -0.15) is 4.98 Å². The number of carbonyl (C=O) groups is 1. The summed E-state index contributed by atoms with van der Waals surface area (Å²) in [5, 5.41) is 22.3. The zero-order valence-corrected chi connectivity index (χ0v) is 22.1. The van der Waals surface area contributed by atoms with E-state index in [0.717, 1.165) is 6.33 Å². The average Bonchev–Trinajstić information content (AvgIpc) is 3.10. The number of aromatic nitrogens is 3. The van der Waals surface area contributed by atoms with Gasteiger partial charge in [0.05, 0.1) is 27.5 Å². The number of esters is 1. The molecule has 2 heterocycles. The quantitative estimate of drug-likeness (QED) is 0.217. The van der Waals surface area contributed by atoms with E-state index in [4.69, 9.17) is 27.0 Å². The van der Waals surface area contributed by atoms with Crippen molar-refractivity contribution in [3.8, 4) is 17.6 Å². The molecule has 38 heavy (non-hydrogen) atoms. The summed E-state index contributed by atoms with van der Waals surface area (Å²) in [6.07, 6.45) is -6.22. The van der Waals surface area contributed by atoms with Gasteiger partial charge in [-0.25, -0.2) is 14.3 Å². The van der Waals surface area contributed by atoms with Crippen LogP contribution < -0.4 is 15.9 Å². The Kier molecular flexibility index (Phi) is 8.36. The molecule has 0 amide bonds. The highest BCUT2D eigenvalue weighted by Crippen LogP contribution is 2.51. The molecule has 206 valence electrons. The maximum absolute atomic E-state index is 14.0. The lowest BCUT2D eigenvalue weighted by atomic mass is 9.94. The van der Waals surface area contributed by atoms with Gasteiger partial charge in [-0.3, -0.25) is 13.9 Å². The Morgan fingerprint density at radius 2 is 2.05 bits per heavy atom. The fourth-order valence-electron chi connectivity index (χ4n) is 3.54. The van der Waals surface area contributed by atoms with E-state index in [1.807, 2.05) is 0 Å². The normalized spacial score (nSPS) is 26.3. The van der Waals surface area contributed by atoms with Crippen LogP contribution in [0.4, 0.5) is 5.95 Å². The lowest BCUT2D eigenvalue weighted by Gasteiger charge is -2.26. The SMILES string of the molecule is [2H]C([2H])(O[P@@](=O)(C[C@@H](C)C(=O)OC(C)C)Oc1ccccc1)[C@H]1O[C@@H](n2cnc(N)nc2=O)C(O)(C#CC)[C@H]1O. The molecule has 0 aliphatic carbocycles. The number of aliphatic hydroxyl groups excluding tert-OH is 1. The van der Waals surface area contributed by atoms with Crippen molar-refractivity contribution in [2.24, 2.45) is 5.92 Å². The number of hydrogen-bond acceptors (Lipinski definition) is 12. The van der Waals surface area contributed by atoms with Gasteiger partial charge >= 0.3 is 19.3 Å². The Labute approximate surface area is 222 Å². The topological polar surface area (TPSA) is 185 Å². The fourth-order valence-corrected chi connectivity index (χ4v) is 5.26. The van der Waals surface area contributed by atoms with E-state index in [1.54, 1.807) is 32.0 Å². The molecule has 6 atom stereocenters. The van der Waals surface area contributed by atoms with Gasteiger partial charge in [0, 0.05) is 0 Å². The van der Waals surface area contributed by atoms with Gasteiger partial charge in [0.1, 0.15) is 24.3 Å². The van der Waals surface area contributed by atoms with Crippen molar-refractivity contribution < 1.29 is 40.8 Å². The number of hydrogen-bond donors (Lipinski definition) is 3. The first kappa shape index (κ1) is 26.3. The molecule has 14 heteroatoms. The predicted molar refractivity (Wildman–Crippen MR) is 135 cm³/mol. The lowest BCUT2D eigenvalue weighted by Crippen LogP contribution is -2.48. The van der Waals surface area contributed by atoms with Gasteiger partial charge in [-0.05, 0) is 32.9 Å². The van der Waals surface area contributed by atoms with Crippen LogP contribution in [0.1, 0.15) is 36.7 Å². The molecule has 0 saturated carbocycles. The third-order valence-electron chi connectivity index (χ3n) is 5.26. The molecule has 1 saturated heterocycles. The minimum absolute atomic E-state index is 0.0516. The maximum Gasteiger partial charge on any atom is 0.380 e. The molecular formula is C24H31N4O9P. The van der Waals surface area contributed by atoms with Gasteiger partial charge in [-0.1, -0.05) is 31.0 Å². The standard InChI is InChI=1S/C24H31N4O9P/c1-5-11-24(32)19(29)18(36-21(24)28-14-26-22(25)27-23(28)31)12-34-38(33,37-17-9-7-6-8-10-17)13-16(4)20(30)35-15(2)3/h6-10,14-16,18-19,21,29,32H,12-13H2,1-4H3,(H2,25,27,31)/t16-,18-,19+,21-,24?,38+/m1/s1/i12D2. The highest BCUT2D eigenvalue weighted by Gasteiger charge is 2.56. The first-order valence-electron chi connectivity index (χ1n) is 12.6. The fraction of sp³-hybridized carbons (Fsp3) is 0.500. The minimum atomic E-state index is -4.55. The summed E-state index contributed by atoms with van der Waals surface area (Å²) in [5.74, 6) is 2.64. The lowest BCUT2D eigenvalue weighted by molar-refractivity contribution is -0.151. The third kappa shape index (κ3) is 6.78. The molecule has 0 spiro atoms. The van der Waals surface area contributed by atoms with Crippen molar-refractivity contribution in [1.29, 1.82) is 0 Å². The van der Waals surface area contributed by atoms with Crippen LogP contribution in [0.25, 0.3) is 0 Å². The Morgan fingerprint density at radius 3 is 2.66 bits per heavy atom. The van der Waals surface area contributed by atoms with E-state index in [9.17, 15) is 24.4 Å². The van der Waals surface area contributed by atoms with Gasteiger partial charge in [0.25, 0.3) is 0 Å². The summed E-state index contributed by atoms with van der Waals surface area (Å²) in [4.78, 5) is 32.0. The second-order valence-electron chi connectivity index (χ2n) is 8.75. The van der Waals surface area contributed by atoms with Crippen LogP contribution in [0.2, 0.25) is 0 Å². The average molecular weight is 553 g/mol. The van der Waals surface area contributed by atoms with Gasteiger partial charge < -0.3 is 29.9 Å². The number of aliphatic hydroxyl groups is 2. The van der Waals surface area contributed by atoms with E-state index in [-0.39, 0.29) is 11.7 Å². The number of nitrogens with two attached hydrogens (primary N) is 1. The number of rotatable bonds is 10. The number of benzene rings is 1. The molecule has 0 bridgehead atoms. The molecule has 3 rings (SSSR count). The van der Waals surface area contributed by atoms with E-state index >= 15 is 0 Å². The van der Waals surface area contributed by atoms with E-state index < -0.39 is 68.0 Å². The van der Waals surface area contributed by atoms with Crippen molar-refractivity contribution in [2.75, 3.05) is 18.5 Å². The second-order valence-corrected chi connectivity index (χ2v) is 10.7. The molecule has 1 unspecified atom stereocenters. The third-order valence-corrected chi connectivity index (χ3v) is 7.13. The van der Waals surface area contributed by atoms with Gasteiger partial charge in [0.15, 0.2) is 11.8 Å².